The first-order valence-corrected chi connectivity index (χ1v) is 9.66. The molecule has 0 unspecified atom stereocenters. The Labute approximate surface area is 167 Å². The Morgan fingerprint density at radius 1 is 1.15 bits per heavy atom. The molecule has 27 heavy (non-hydrogen) atoms. The fourth-order valence-electron chi connectivity index (χ4n) is 1.88. The number of thioether (sulfide) groups is 1. The number of hydrogen-bond acceptors (Lipinski definition) is 8. The van der Waals surface area contributed by atoms with Crippen molar-refractivity contribution in [1.82, 2.24) is 15.0 Å². The maximum atomic E-state index is 11.8. The van der Waals surface area contributed by atoms with Crippen LogP contribution in [-0.2, 0) is 4.74 Å². The average molecular weight is 411 g/mol. The molecule has 10 heteroatoms. The molecule has 1 amide bonds. The number of aromatic nitrogens is 3. The summed E-state index contributed by atoms with van der Waals surface area (Å²) < 4.78 is 5.16. The number of rotatable bonds is 7. The van der Waals surface area contributed by atoms with Crippen LogP contribution in [0.1, 0.15) is 20.8 Å². The van der Waals surface area contributed by atoms with Crippen LogP contribution in [-0.4, -0.2) is 46.0 Å². The van der Waals surface area contributed by atoms with Crippen LogP contribution in [0.5, 0.6) is 0 Å². The number of nitrogens with one attached hydrogen (secondary N) is 3. The second-order valence-corrected chi connectivity index (χ2v) is 8.00. The van der Waals surface area contributed by atoms with E-state index in [-0.39, 0.29) is 12.1 Å². The van der Waals surface area contributed by atoms with Gasteiger partial charge in [-0.1, -0.05) is 23.4 Å². The van der Waals surface area contributed by atoms with Gasteiger partial charge in [-0.05, 0) is 45.0 Å². The normalized spacial score (nSPS) is 11.0. The number of ether oxygens (including phenoxy) is 1. The van der Waals surface area contributed by atoms with Crippen LogP contribution >= 0.6 is 23.4 Å². The molecule has 2 aromatic rings. The molecule has 0 saturated carbocycles. The highest BCUT2D eigenvalue weighted by molar-refractivity contribution is 7.99. The molecule has 0 fully saturated rings. The minimum atomic E-state index is -0.528. The van der Waals surface area contributed by atoms with Gasteiger partial charge in [0.25, 0.3) is 0 Å². The van der Waals surface area contributed by atoms with Crippen molar-refractivity contribution in [2.24, 2.45) is 0 Å². The number of halogens is 1. The van der Waals surface area contributed by atoms with E-state index in [4.69, 9.17) is 16.3 Å². The van der Waals surface area contributed by atoms with Crippen LogP contribution in [0.25, 0.3) is 0 Å². The summed E-state index contributed by atoms with van der Waals surface area (Å²) in [7, 11) is 1.74. The summed E-state index contributed by atoms with van der Waals surface area (Å²) in [5.74, 6) is 1.47. The Morgan fingerprint density at radius 3 is 2.44 bits per heavy atom. The van der Waals surface area contributed by atoms with Crippen LogP contribution in [0, 0.1) is 0 Å². The lowest BCUT2D eigenvalue weighted by molar-refractivity contribution is 0.169. The molecular weight excluding hydrogens is 388 g/mol. The second kappa shape index (κ2) is 9.61. The standard InChI is InChI=1S/C17H23ClN6O2S/c1-17(2,3)24-14-21-13(19-4)22-15(23-14)27-10-9-26-16(25)20-12-7-5-11(18)6-8-12/h5-8H,9-10H2,1-4H3,(H,20,25)(H2,19,21,22,23,24). The molecule has 0 saturated heterocycles. The van der Waals surface area contributed by atoms with E-state index in [2.05, 4.69) is 30.9 Å². The van der Waals surface area contributed by atoms with Crippen molar-refractivity contribution in [3.8, 4) is 0 Å². The summed E-state index contributed by atoms with van der Waals surface area (Å²) in [6.07, 6.45) is -0.528. The summed E-state index contributed by atoms with van der Waals surface area (Å²) in [4.78, 5) is 24.7. The van der Waals surface area contributed by atoms with E-state index in [1.165, 1.54) is 11.8 Å². The van der Waals surface area contributed by atoms with E-state index in [9.17, 15) is 4.79 Å². The third-order valence-electron chi connectivity index (χ3n) is 2.96. The highest BCUT2D eigenvalue weighted by Crippen LogP contribution is 2.18. The number of carbonyl (C=O) groups is 1. The van der Waals surface area contributed by atoms with Crippen molar-refractivity contribution in [3.05, 3.63) is 29.3 Å². The van der Waals surface area contributed by atoms with E-state index in [0.717, 1.165) is 0 Å². The lowest BCUT2D eigenvalue weighted by atomic mass is 10.1. The van der Waals surface area contributed by atoms with Crippen molar-refractivity contribution >= 4 is 47.0 Å². The van der Waals surface area contributed by atoms with E-state index in [1.54, 1.807) is 31.3 Å². The number of amides is 1. The summed E-state index contributed by atoms with van der Waals surface area (Å²) in [6, 6.07) is 6.78. The smallest absolute Gasteiger partial charge is 0.411 e. The third-order valence-corrected chi connectivity index (χ3v) is 4.03. The van der Waals surface area contributed by atoms with Gasteiger partial charge in [0.2, 0.25) is 11.9 Å². The van der Waals surface area contributed by atoms with Gasteiger partial charge in [-0.2, -0.15) is 15.0 Å². The van der Waals surface area contributed by atoms with Gasteiger partial charge in [0, 0.05) is 29.0 Å². The molecule has 1 aromatic heterocycles. The van der Waals surface area contributed by atoms with Gasteiger partial charge >= 0.3 is 6.09 Å². The third kappa shape index (κ3) is 7.88. The fraction of sp³-hybridized carbons (Fsp3) is 0.412. The van der Waals surface area contributed by atoms with Crippen molar-refractivity contribution in [2.45, 2.75) is 31.5 Å². The average Bonchev–Trinajstić information content (AvgIpc) is 2.59. The minimum Gasteiger partial charge on any atom is -0.448 e. The molecule has 146 valence electrons. The molecule has 0 radical (unpaired) electrons. The van der Waals surface area contributed by atoms with Gasteiger partial charge in [0.15, 0.2) is 5.16 Å². The van der Waals surface area contributed by atoms with E-state index >= 15 is 0 Å². The van der Waals surface area contributed by atoms with E-state index < -0.39 is 6.09 Å². The van der Waals surface area contributed by atoms with Crippen LogP contribution in [0.3, 0.4) is 0 Å². The molecule has 0 bridgehead atoms. The Bertz CT molecular complexity index is 767. The summed E-state index contributed by atoms with van der Waals surface area (Å²) in [5.41, 5.74) is 0.447. The summed E-state index contributed by atoms with van der Waals surface area (Å²) in [6.45, 7) is 6.29. The summed E-state index contributed by atoms with van der Waals surface area (Å²) in [5, 5.41) is 9.90. The highest BCUT2D eigenvalue weighted by atomic mass is 35.5. The maximum absolute atomic E-state index is 11.8. The number of nitrogens with zero attached hydrogens (tertiary/aromatic N) is 3. The van der Waals surface area contributed by atoms with E-state index in [1.807, 2.05) is 20.8 Å². The topological polar surface area (TPSA) is 101 Å². The zero-order valence-electron chi connectivity index (χ0n) is 15.7. The molecule has 3 N–H and O–H groups in total. The molecule has 0 spiro atoms. The highest BCUT2D eigenvalue weighted by Gasteiger charge is 2.14. The predicted molar refractivity (Wildman–Crippen MR) is 110 cm³/mol. The van der Waals surface area contributed by atoms with Crippen LogP contribution in [0.15, 0.2) is 29.4 Å². The lowest BCUT2D eigenvalue weighted by Gasteiger charge is -2.20. The van der Waals surface area contributed by atoms with Crippen LogP contribution < -0.4 is 16.0 Å². The van der Waals surface area contributed by atoms with Crippen molar-refractivity contribution < 1.29 is 9.53 Å². The largest absolute Gasteiger partial charge is 0.448 e. The van der Waals surface area contributed by atoms with Crippen molar-refractivity contribution in [3.63, 3.8) is 0 Å². The molecule has 0 aliphatic heterocycles. The first-order chi connectivity index (χ1) is 12.7. The molecule has 0 aliphatic carbocycles. The Morgan fingerprint density at radius 2 is 1.81 bits per heavy atom. The second-order valence-electron chi connectivity index (χ2n) is 6.51. The number of hydrogen-bond donors (Lipinski definition) is 3. The first kappa shape index (κ1) is 21.0. The molecule has 0 aliphatic rings. The molecule has 0 atom stereocenters. The van der Waals surface area contributed by atoms with Crippen LogP contribution in [0.4, 0.5) is 22.4 Å². The van der Waals surface area contributed by atoms with Gasteiger partial charge in [-0.3, -0.25) is 5.32 Å². The van der Waals surface area contributed by atoms with Gasteiger partial charge in [-0.25, -0.2) is 4.79 Å². The molecule has 2 rings (SSSR count). The van der Waals surface area contributed by atoms with E-state index in [0.29, 0.717) is 33.5 Å². The van der Waals surface area contributed by atoms with Gasteiger partial charge in [0.05, 0.1) is 0 Å². The number of benzene rings is 1. The lowest BCUT2D eigenvalue weighted by Crippen LogP contribution is -2.27. The Hall–Kier alpha value is -2.26. The number of carbonyl (C=O) groups excluding carboxylic acids is 1. The van der Waals surface area contributed by atoms with Crippen molar-refractivity contribution in [2.75, 3.05) is 35.4 Å². The van der Waals surface area contributed by atoms with Gasteiger partial charge in [-0.15, -0.1) is 0 Å². The molecule has 1 aromatic carbocycles. The SMILES string of the molecule is CNc1nc(NC(C)(C)C)nc(SCCOC(=O)Nc2ccc(Cl)cc2)n1. The zero-order valence-corrected chi connectivity index (χ0v) is 17.2. The molecular formula is C17H23ClN6O2S. The summed E-state index contributed by atoms with van der Waals surface area (Å²) >= 11 is 7.18. The minimum absolute atomic E-state index is 0.169. The van der Waals surface area contributed by atoms with Gasteiger partial charge in [0.1, 0.15) is 6.61 Å². The quantitative estimate of drug-likeness (QED) is 0.463. The predicted octanol–water partition coefficient (Wildman–Crippen LogP) is 4.12. The Kier molecular flexibility index (Phi) is 7.49. The molecule has 1 heterocycles. The van der Waals surface area contributed by atoms with Crippen LogP contribution in [0.2, 0.25) is 5.02 Å². The molecule has 8 nitrogen and oxygen atoms in total. The first-order valence-electron chi connectivity index (χ1n) is 8.29. The fourth-order valence-corrected chi connectivity index (χ4v) is 2.66. The van der Waals surface area contributed by atoms with Crippen molar-refractivity contribution in [1.29, 1.82) is 0 Å². The Balaban J connectivity index is 1.82. The monoisotopic (exact) mass is 410 g/mol. The zero-order chi connectivity index (χ0) is 19.9. The van der Waals surface area contributed by atoms with Gasteiger partial charge < -0.3 is 15.4 Å². The number of anilines is 3. The maximum Gasteiger partial charge on any atom is 0.411 e.